The van der Waals surface area contributed by atoms with Gasteiger partial charge in [-0.05, 0) is 58.7 Å². The molecule has 0 spiro atoms. The van der Waals surface area contributed by atoms with Gasteiger partial charge in [0.15, 0.2) is 0 Å². The Morgan fingerprint density at radius 2 is 1.92 bits per heavy atom. The van der Waals surface area contributed by atoms with E-state index < -0.39 is 0 Å². The number of nitrogens with one attached hydrogen (secondary N) is 1. The van der Waals surface area contributed by atoms with Crippen molar-refractivity contribution in [2.75, 3.05) is 5.32 Å². The molecule has 0 fully saturated rings. The lowest BCUT2D eigenvalue weighted by Gasteiger charge is -2.06. The monoisotopic (exact) mass is 406 g/mol. The molecule has 5 nitrogen and oxygen atoms in total. The molecule has 0 radical (unpaired) electrons. The average molecular weight is 407 g/mol. The zero-order chi connectivity index (χ0) is 18.1. The van der Waals surface area contributed by atoms with Crippen LogP contribution in [0.1, 0.15) is 15.9 Å². The summed E-state index contributed by atoms with van der Waals surface area (Å²) >= 11 is 3.32. The number of imidazole rings is 1. The van der Waals surface area contributed by atoms with Crippen LogP contribution in [0.15, 0.2) is 71.7 Å². The van der Waals surface area contributed by atoms with Gasteiger partial charge in [-0.2, -0.15) is 0 Å². The van der Waals surface area contributed by atoms with Crippen molar-refractivity contribution in [2.24, 2.45) is 0 Å². The second kappa shape index (κ2) is 6.72. The van der Waals surface area contributed by atoms with Crippen molar-refractivity contribution in [3.63, 3.8) is 0 Å². The van der Waals surface area contributed by atoms with Crippen molar-refractivity contribution in [1.82, 2.24) is 14.4 Å². The van der Waals surface area contributed by atoms with E-state index >= 15 is 0 Å². The summed E-state index contributed by atoms with van der Waals surface area (Å²) < 4.78 is 2.76. The molecular weight excluding hydrogens is 392 g/mol. The number of halogens is 1. The minimum absolute atomic E-state index is 0.199. The highest BCUT2D eigenvalue weighted by Crippen LogP contribution is 2.22. The topological polar surface area (TPSA) is 59.3 Å². The minimum atomic E-state index is -0.199. The third-order valence-electron chi connectivity index (χ3n) is 4.02. The summed E-state index contributed by atoms with van der Waals surface area (Å²) in [7, 11) is 0. The molecule has 0 aliphatic heterocycles. The molecule has 0 unspecified atom stereocenters. The summed E-state index contributed by atoms with van der Waals surface area (Å²) in [6.45, 7) is 2.05. The Balaban J connectivity index is 1.55. The highest BCUT2D eigenvalue weighted by Gasteiger charge is 2.08. The number of rotatable bonds is 3. The van der Waals surface area contributed by atoms with Crippen LogP contribution in [-0.4, -0.2) is 20.3 Å². The first-order valence-corrected chi connectivity index (χ1v) is 8.85. The third kappa shape index (κ3) is 3.36. The highest BCUT2D eigenvalue weighted by atomic mass is 79.9. The molecule has 6 heteroatoms. The number of amides is 1. The van der Waals surface area contributed by atoms with Gasteiger partial charge in [-0.15, -0.1) is 0 Å². The Morgan fingerprint density at radius 3 is 2.69 bits per heavy atom. The van der Waals surface area contributed by atoms with Gasteiger partial charge in [-0.25, -0.2) is 4.98 Å². The van der Waals surface area contributed by atoms with Crippen LogP contribution in [-0.2, 0) is 0 Å². The molecule has 4 rings (SSSR count). The van der Waals surface area contributed by atoms with Crippen LogP contribution in [0, 0.1) is 6.92 Å². The summed E-state index contributed by atoms with van der Waals surface area (Å²) in [4.78, 5) is 20.9. The summed E-state index contributed by atoms with van der Waals surface area (Å²) in [5, 5.41) is 2.87. The van der Waals surface area contributed by atoms with Crippen LogP contribution < -0.4 is 5.32 Å². The minimum Gasteiger partial charge on any atom is -0.322 e. The number of pyridine rings is 2. The van der Waals surface area contributed by atoms with E-state index in [-0.39, 0.29) is 5.91 Å². The standard InChI is InChI=1S/C20H15BrN4O/c1-13-6-7-25-12-18(24-19(25)8-13)14-2-4-17(5-3-14)23-20(26)15-9-16(21)11-22-10-15/h2-12H,1H3,(H,23,26). The van der Waals surface area contributed by atoms with Crippen LogP contribution in [0.4, 0.5) is 5.69 Å². The number of aryl methyl sites for hydroxylation is 1. The van der Waals surface area contributed by atoms with Gasteiger partial charge >= 0.3 is 0 Å². The maximum atomic E-state index is 12.3. The molecule has 0 aliphatic carbocycles. The first kappa shape index (κ1) is 16.5. The molecule has 4 aromatic rings. The van der Waals surface area contributed by atoms with Gasteiger partial charge in [-0.3, -0.25) is 9.78 Å². The number of nitrogens with zero attached hydrogens (tertiary/aromatic N) is 3. The van der Waals surface area contributed by atoms with Crippen molar-refractivity contribution in [2.45, 2.75) is 6.92 Å². The first-order chi connectivity index (χ1) is 12.6. The zero-order valence-electron chi connectivity index (χ0n) is 14.0. The molecule has 0 atom stereocenters. The van der Waals surface area contributed by atoms with Crippen LogP contribution >= 0.6 is 15.9 Å². The van der Waals surface area contributed by atoms with Crippen molar-refractivity contribution in [3.05, 3.63) is 82.9 Å². The zero-order valence-corrected chi connectivity index (χ0v) is 15.6. The average Bonchev–Trinajstić information content (AvgIpc) is 3.05. The second-order valence-corrected chi connectivity index (χ2v) is 6.93. The van der Waals surface area contributed by atoms with Crippen molar-refractivity contribution >= 4 is 33.2 Å². The van der Waals surface area contributed by atoms with Gasteiger partial charge < -0.3 is 9.72 Å². The van der Waals surface area contributed by atoms with E-state index in [4.69, 9.17) is 0 Å². The van der Waals surface area contributed by atoms with Gasteiger partial charge in [0.25, 0.3) is 5.91 Å². The number of hydrogen-bond donors (Lipinski definition) is 1. The van der Waals surface area contributed by atoms with Gasteiger partial charge in [0.1, 0.15) is 5.65 Å². The summed E-state index contributed by atoms with van der Waals surface area (Å²) in [5.74, 6) is -0.199. The van der Waals surface area contributed by atoms with E-state index in [0.29, 0.717) is 5.56 Å². The number of carbonyl (C=O) groups is 1. The second-order valence-electron chi connectivity index (χ2n) is 6.02. The van der Waals surface area contributed by atoms with Crippen molar-refractivity contribution in [1.29, 1.82) is 0 Å². The van der Waals surface area contributed by atoms with E-state index in [1.807, 2.05) is 60.1 Å². The number of anilines is 1. The molecule has 3 aromatic heterocycles. The molecule has 0 aliphatic rings. The molecule has 1 aromatic carbocycles. The third-order valence-corrected chi connectivity index (χ3v) is 4.45. The molecular formula is C20H15BrN4O. The van der Waals surface area contributed by atoms with Crippen molar-refractivity contribution < 1.29 is 4.79 Å². The molecule has 3 heterocycles. The maximum Gasteiger partial charge on any atom is 0.257 e. The van der Waals surface area contributed by atoms with Crippen molar-refractivity contribution in [3.8, 4) is 11.3 Å². The lowest BCUT2D eigenvalue weighted by atomic mass is 10.1. The summed E-state index contributed by atoms with van der Waals surface area (Å²) in [6, 6.07) is 13.5. The number of hydrogen-bond acceptors (Lipinski definition) is 3. The number of carbonyl (C=O) groups excluding carboxylic acids is 1. The Labute approximate surface area is 158 Å². The Kier molecular flexibility index (Phi) is 4.26. The lowest BCUT2D eigenvalue weighted by molar-refractivity contribution is 0.102. The SMILES string of the molecule is Cc1ccn2cc(-c3ccc(NC(=O)c4cncc(Br)c4)cc3)nc2c1. The molecule has 128 valence electrons. The fourth-order valence-corrected chi connectivity index (χ4v) is 3.05. The van der Waals surface area contributed by atoms with Crippen LogP contribution in [0.2, 0.25) is 0 Å². The highest BCUT2D eigenvalue weighted by molar-refractivity contribution is 9.10. The fourth-order valence-electron chi connectivity index (χ4n) is 2.69. The summed E-state index contributed by atoms with van der Waals surface area (Å²) in [5.41, 5.74) is 5.20. The normalized spacial score (nSPS) is 10.8. The number of fused-ring (bicyclic) bond motifs is 1. The van der Waals surface area contributed by atoms with Crippen LogP contribution in [0.25, 0.3) is 16.9 Å². The number of aromatic nitrogens is 3. The predicted octanol–water partition coefficient (Wildman–Crippen LogP) is 4.72. The largest absolute Gasteiger partial charge is 0.322 e. The van der Waals surface area contributed by atoms with E-state index in [2.05, 4.69) is 31.2 Å². The van der Waals surface area contributed by atoms with Crippen LogP contribution in [0.3, 0.4) is 0 Å². The fraction of sp³-hybridized carbons (Fsp3) is 0.0500. The maximum absolute atomic E-state index is 12.3. The Morgan fingerprint density at radius 1 is 1.12 bits per heavy atom. The Hall–Kier alpha value is -2.99. The van der Waals surface area contributed by atoms with Gasteiger partial charge in [0, 0.05) is 40.5 Å². The quantitative estimate of drug-likeness (QED) is 0.535. The predicted molar refractivity (Wildman–Crippen MR) is 105 cm³/mol. The van der Waals surface area contributed by atoms with E-state index in [0.717, 1.165) is 27.1 Å². The Bertz CT molecular complexity index is 1100. The lowest BCUT2D eigenvalue weighted by Crippen LogP contribution is -2.12. The summed E-state index contributed by atoms with van der Waals surface area (Å²) in [6.07, 6.45) is 7.17. The molecule has 0 saturated heterocycles. The van der Waals surface area contributed by atoms with E-state index in [9.17, 15) is 4.79 Å². The first-order valence-electron chi connectivity index (χ1n) is 8.06. The van der Waals surface area contributed by atoms with E-state index in [1.165, 1.54) is 11.8 Å². The molecule has 1 N–H and O–H groups in total. The van der Waals surface area contributed by atoms with Gasteiger partial charge in [-0.1, -0.05) is 12.1 Å². The molecule has 0 bridgehead atoms. The van der Waals surface area contributed by atoms with Crippen LogP contribution in [0.5, 0.6) is 0 Å². The molecule has 0 saturated carbocycles. The number of benzene rings is 1. The van der Waals surface area contributed by atoms with Gasteiger partial charge in [0.05, 0.1) is 11.3 Å². The smallest absolute Gasteiger partial charge is 0.257 e. The molecule has 1 amide bonds. The van der Waals surface area contributed by atoms with E-state index in [1.54, 1.807) is 12.3 Å². The van der Waals surface area contributed by atoms with Gasteiger partial charge in [0.2, 0.25) is 0 Å². The molecule has 26 heavy (non-hydrogen) atoms.